The summed E-state index contributed by atoms with van der Waals surface area (Å²) in [7, 11) is -3.88. The number of sulfonamides is 1. The van der Waals surface area contributed by atoms with Crippen LogP contribution in [0.1, 0.15) is 11.1 Å². The van der Waals surface area contributed by atoms with Crippen molar-refractivity contribution in [3.8, 4) is 0 Å². The largest absolute Gasteiger partial charge is 0.392 e. The molecule has 21 heavy (non-hydrogen) atoms. The van der Waals surface area contributed by atoms with Gasteiger partial charge >= 0.3 is 0 Å². The van der Waals surface area contributed by atoms with Gasteiger partial charge in [-0.1, -0.05) is 23.7 Å². The average Bonchev–Trinajstić information content (AvgIpc) is 2.42. The summed E-state index contributed by atoms with van der Waals surface area (Å²) < 4.78 is 40.0. The lowest BCUT2D eigenvalue weighted by atomic mass is 10.2. The van der Waals surface area contributed by atoms with Gasteiger partial charge in [0.1, 0.15) is 5.82 Å². The second kappa shape index (κ2) is 6.01. The van der Waals surface area contributed by atoms with E-state index in [2.05, 4.69) is 4.72 Å². The maximum absolute atomic E-state index is 13.2. The summed E-state index contributed by atoms with van der Waals surface area (Å²) in [5.74, 6) is -0.535. The van der Waals surface area contributed by atoms with Crippen LogP contribution in [-0.2, 0) is 16.6 Å². The number of aliphatic hydroxyl groups excluding tert-OH is 1. The molecule has 2 rings (SSSR count). The monoisotopic (exact) mass is 329 g/mol. The van der Waals surface area contributed by atoms with Crippen LogP contribution in [0.2, 0.25) is 5.02 Å². The standard InChI is InChI=1S/C14H13ClFNO3S/c1-9-2-4-11(16)6-14(9)17-21(19,20)12-5-3-10(8-18)13(15)7-12/h2-7,17-18H,8H2,1H3. The molecule has 2 N–H and O–H groups in total. The van der Waals surface area contributed by atoms with E-state index in [0.717, 1.165) is 6.07 Å². The molecule has 0 amide bonds. The smallest absolute Gasteiger partial charge is 0.261 e. The van der Waals surface area contributed by atoms with E-state index in [1.807, 2.05) is 0 Å². The first kappa shape index (κ1) is 15.8. The minimum Gasteiger partial charge on any atom is -0.392 e. The predicted octanol–water partition coefficient (Wildman–Crippen LogP) is 3.08. The van der Waals surface area contributed by atoms with E-state index in [9.17, 15) is 12.8 Å². The number of nitrogens with one attached hydrogen (secondary N) is 1. The summed E-state index contributed by atoms with van der Waals surface area (Å²) in [6.07, 6.45) is 0. The van der Waals surface area contributed by atoms with Crippen LogP contribution in [0.15, 0.2) is 41.3 Å². The minimum atomic E-state index is -3.88. The van der Waals surface area contributed by atoms with Crippen LogP contribution >= 0.6 is 11.6 Å². The molecular formula is C14H13ClFNO3S. The Hall–Kier alpha value is -1.63. The van der Waals surface area contributed by atoms with Crippen molar-refractivity contribution in [1.82, 2.24) is 0 Å². The van der Waals surface area contributed by atoms with Gasteiger partial charge in [0.05, 0.1) is 17.2 Å². The zero-order chi connectivity index (χ0) is 15.6. The molecule has 0 aliphatic rings. The van der Waals surface area contributed by atoms with E-state index in [-0.39, 0.29) is 22.2 Å². The zero-order valence-electron chi connectivity index (χ0n) is 11.1. The zero-order valence-corrected chi connectivity index (χ0v) is 12.7. The summed E-state index contributed by atoms with van der Waals surface area (Å²) in [6.45, 7) is 1.38. The van der Waals surface area contributed by atoms with E-state index in [1.54, 1.807) is 6.92 Å². The Kier molecular flexibility index (Phi) is 4.51. The number of benzene rings is 2. The molecule has 0 saturated carbocycles. The molecule has 0 aliphatic heterocycles. The van der Waals surface area contributed by atoms with Crippen LogP contribution < -0.4 is 4.72 Å². The van der Waals surface area contributed by atoms with Crippen LogP contribution in [0, 0.1) is 12.7 Å². The van der Waals surface area contributed by atoms with Crippen LogP contribution in [0.25, 0.3) is 0 Å². The van der Waals surface area contributed by atoms with Crippen LogP contribution in [0.4, 0.5) is 10.1 Å². The van der Waals surface area contributed by atoms with Gasteiger partial charge in [-0.2, -0.15) is 0 Å². The van der Waals surface area contributed by atoms with Gasteiger partial charge in [-0.3, -0.25) is 4.72 Å². The van der Waals surface area contributed by atoms with Gasteiger partial charge in [-0.15, -0.1) is 0 Å². The third kappa shape index (κ3) is 3.53. The van der Waals surface area contributed by atoms with Crippen molar-refractivity contribution in [2.24, 2.45) is 0 Å². The third-order valence-corrected chi connectivity index (χ3v) is 4.66. The first-order chi connectivity index (χ1) is 9.83. The van der Waals surface area contributed by atoms with E-state index < -0.39 is 15.8 Å². The molecule has 0 heterocycles. The Labute approximate surface area is 127 Å². The van der Waals surface area contributed by atoms with E-state index >= 15 is 0 Å². The summed E-state index contributed by atoms with van der Waals surface area (Å²) in [5, 5.41) is 9.17. The first-order valence-corrected chi connectivity index (χ1v) is 7.88. The lowest BCUT2D eigenvalue weighted by Crippen LogP contribution is -2.14. The maximum Gasteiger partial charge on any atom is 0.261 e. The van der Waals surface area contributed by atoms with E-state index in [4.69, 9.17) is 16.7 Å². The molecule has 7 heteroatoms. The highest BCUT2D eigenvalue weighted by Gasteiger charge is 2.17. The number of rotatable bonds is 4. The predicted molar refractivity (Wildman–Crippen MR) is 79.3 cm³/mol. The van der Waals surface area contributed by atoms with Crippen molar-refractivity contribution in [1.29, 1.82) is 0 Å². The molecule has 0 unspecified atom stereocenters. The van der Waals surface area contributed by atoms with Crippen molar-refractivity contribution >= 4 is 27.3 Å². The fourth-order valence-corrected chi connectivity index (χ4v) is 3.18. The van der Waals surface area contributed by atoms with Crippen molar-refractivity contribution < 1.29 is 17.9 Å². The first-order valence-electron chi connectivity index (χ1n) is 6.02. The van der Waals surface area contributed by atoms with E-state index in [1.165, 1.54) is 30.3 Å². The van der Waals surface area contributed by atoms with Gasteiger partial charge in [0.15, 0.2) is 0 Å². The minimum absolute atomic E-state index is 0.0617. The molecular weight excluding hydrogens is 317 g/mol. The second-order valence-corrected chi connectivity index (χ2v) is 6.57. The number of halogens is 2. The molecule has 0 bridgehead atoms. The molecule has 112 valence electrons. The lowest BCUT2D eigenvalue weighted by molar-refractivity contribution is 0.282. The number of hydrogen-bond donors (Lipinski definition) is 2. The van der Waals surface area contributed by atoms with Crippen molar-refractivity contribution in [2.75, 3.05) is 4.72 Å². The van der Waals surface area contributed by atoms with Crippen molar-refractivity contribution in [2.45, 2.75) is 18.4 Å². The summed E-state index contributed by atoms with van der Waals surface area (Å²) in [4.78, 5) is -0.0617. The van der Waals surface area contributed by atoms with Crippen LogP contribution in [-0.4, -0.2) is 13.5 Å². The Bertz CT molecular complexity index is 778. The van der Waals surface area contributed by atoms with Gasteiger partial charge in [0.2, 0.25) is 0 Å². The number of aryl methyl sites for hydroxylation is 1. The number of anilines is 1. The number of hydrogen-bond acceptors (Lipinski definition) is 3. The molecule has 0 aliphatic carbocycles. The highest BCUT2D eigenvalue weighted by atomic mass is 35.5. The third-order valence-electron chi connectivity index (χ3n) is 2.95. The van der Waals surface area contributed by atoms with Gasteiger partial charge in [0.25, 0.3) is 10.0 Å². The van der Waals surface area contributed by atoms with Gasteiger partial charge in [-0.25, -0.2) is 12.8 Å². The fourth-order valence-electron chi connectivity index (χ4n) is 1.73. The summed E-state index contributed by atoms with van der Waals surface area (Å²) in [5.41, 5.74) is 1.19. The molecule has 0 radical (unpaired) electrons. The molecule has 2 aromatic rings. The van der Waals surface area contributed by atoms with Gasteiger partial charge in [0, 0.05) is 5.02 Å². The Morgan fingerprint density at radius 1 is 1.24 bits per heavy atom. The summed E-state index contributed by atoms with van der Waals surface area (Å²) >= 11 is 5.88. The number of aliphatic hydroxyl groups is 1. The van der Waals surface area contributed by atoms with Crippen molar-refractivity contribution in [3.63, 3.8) is 0 Å². The Morgan fingerprint density at radius 3 is 2.57 bits per heavy atom. The second-order valence-electron chi connectivity index (χ2n) is 4.48. The average molecular weight is 330 g/mol. The van der Waals surface area contributed by atoms with Crippen LogP contribution in [0.5, 0.6) is 0 Å². The molecule has 2 aromatic carbocycles. The van der Waals surface area contributed by atoms with Crippen LogP contribution in [0.3, 0.4) is 0 Å². The maximum atomic E-state index is 13.2. The summed E-state index contributed by atoms with van der Waals surface area (Å²) in [6, 6.07) is 7.83. The molecule has 0 spiro atoms. The topological polar surface area (TPSA) is 66.4 Å². The quantitative estimate of drug-likeness (QED) is 0.906. The molecule has 0 aromatic heterocycles. The van der Waals surface area contributed by atoms with Crippen molar-refractivity contribution in [3.05, 3.63) is 58.4 Å². The Balaban J connectivity index is 2.38. The SMILES string of the molecule is Cc1ccc(F)cc1NS(=O)(=O)c1ccc(CO)c(Cl)c1. The highest BCUT2D eigenvalue weighted by molar-refractivity contribution is 7.92. The molecule has 4 nitrogen and oxygen atoms in total. The lowest BCUT2D eigenvalue weighted by Gasteiger charge is -2.11. The van der Waals surface area contributed by atoms with Gasteiger partial charge < -0.3 is 5.11 Å². The van der Waals surface area contributed by atoms with E-state index in [0.29, 0.717) is 11.1 Å². The molecule has 0 saturated heterocycles. The molecule has 0 fully saturated rings. The normalized spacial score (nSPS) is 11.4. The Morgan fingerprint density at radius 2 is 1.95 bits per heavy atom. The molecule has 0 atom stereocenters. The highest BCUT2D eigenvalue weighted by Crippen LogP contribution is 2.24. The fraction of sp³-hybridized carbons (Fsp3) is 0.143. The van der Waals surface area contributed by atoms with Gasteiger partial charge in [-0.05, 0) is 42.3 Å².